The molecular formula is C16H21FO. The second kappa shape index (κ2) is 7.70. The molecule has 0 unspecified atom stereocenters. The lowest BCUT2D eigenvalue weighted by Crippen LogP contribution is -1.98. The van der Waals surface area contributed by atoms with Gasteiger partial charge in [0.25, 0.3) is 0 Å². The number of hydrogen-bond acceptors (Lipinski definition) is 1. The molecule has 0 N–H and O–H groups in total. The molecule has 1 aromatic rings. The van der Waals surface area contributed by atoms with Crippen LogP contribution in [0.2, 0.25) is 0 Å². The van der Waals surface area contributed by atoms with E-state index in [0.29, 0.717) is 5.75 Å². The first-order valence-corrected chi connectivity index (χ1v) is 6.36. The summed E-state index contributed by atoms with van der Waals surface area (Å²) in [7, 11) is 0. The molecule has 0 spiro atoms. The summed E-state index contributed by atoms with van der Waals surface area (Å²) in [5.74, 6) is 0.444. The number of hydrogen-bond donors (Lipinski definition) is 0. The minimum Gasteiger partial charge on any atom is -0.487 e. The SMILES string of the molecule is C/C=C(C)\C=C(\F)COc1ccc(CCC)cc1. The van der Waals surface area contributed by atoms with Gasteiger partial charge in [-0.15, -0.1) is 0 Å². The highest BCUT2D eigenvalue weighted by atomic mass is 19.1. The van der Waals surface area contributed by atoms with Crippen LogP contribution >= 0.6 is 0 Å². The van der Waals surface area contributed by atoms with Gasteiger partial charge in [-0.2, -0.15) is 0 Å². The van der Waals surface area contributed by atoms with E-state index in [4.69, 9.17) is 4.74 Å². The van der Waals surface area contributed by atoms with Gasteiger partial charge in [0.2, 0.25) is 0 Å². The molecule has 0 fully saturated rings. The molecule has 18 heavy (non-hydrogen) atoms. The topological polar surface area (TPSA) is 9.23 Å². The maximum atomic E-state index is 13.4. The Kier molecular flexibility index (Phi) is 6.20. The molecule has 0 heterocycles. The monoisotopic (exact) mass is 248 g/mol. The Morgan fingerprint density at radius 3 is 2.50 bits per heavy atom. The first-order valence-electron chi connectivity index (χ1n) is 6.36. The summed E-state index contributed by atoms with van der Waals surface area (Å²) >= 11 is 0. The van der Waals surface area contributed by atoms with Crippen LogP contribution in [0.3, 0.4) is 0 Å². The predicted octanol–water partition coefficient (Wildman–Crippen LogP) is 4.84. The summed E-state index contributed by atoms with van der Waals surface area (Å²) in [5.41, 5.74) is 2.18. The van der Waals surface area contributed by atoms with E-state index < -0.39 is 0 Å². The average Bonchev–Trinajstić information content (AvgIpc) is 2.38. The quantitative estimate of drug-likeness (QED) is 0.655. The molecule has 2 heteroatoms. The smallest absolute Gasteiger partial charge is 0.140 e. The van der Waals surface area contributed by atoms with Crippen molar-refractivity contribution in [1.82, 2.24) is 0 Å². The van der Waals surface area contributed by atoms with E-state index in [0.717, 1.165) is 18.4 Å². The molecular weight excluding hydrogens is 227 g/mol. The first-order chi connectivity index (χ1) is 8.65. The molecule has 1 nitrogen and oxygen atoms in total. The van der Waals surface area contributed by atoms with Crippen LogP contribution in [-0.2, 0) is 6.42 Å². The number of aryl methyl sites for hydroxylation is 1. The van der Waals surface area contributed by atoms with Crippen molar-refractivity contribution in [2.75, 3.05) is 6.61 Å². The average molecular weight is 248 g/mol. The standard InChI is InChI=1S/C16H21FO/c1-4-6-14-7-9-16(10-8-14)18-12-15(17)11-13(3)5-2/h5,7-11H,4,6,12H2,1-3H3/b13-5-,15-11+. The van der Waals surface area contributed by atoms with Crippen molar-refractivity contribution in [3.63, 3.8) is 0 Å². The summed E-state index contributed by atoms with van der Waals surface area (Å²) in [6, 6.07) is 7.83. The first kappa shape index (κ1) is 14.5. The number of rotatable bonds is 6. The zero-order valence-corrected chi connectivity index (χ0v) is 11.4. The molecule has 0 amide bonds. The molecule has 0 atom stereocenters. The van der Waals surface area contributed by atoms with Crippen LogP contribution in [0.1, 0.15) is 32.8 Å². The van der Waals surface area contributed by atoms with Gasteiger partial charge in [-0.05, 0) is 44.0 Å². The number of ether oxygens (including phenoxy) is 1. The minimum atomic E-state index is -0.261. The third-order valence-electron chi connectivity index (χ3n) is 2.68. The van der Waals surface area contributed by atoms with Gasteiger partial charge in [-0.3, -0.25) is 0 Å². The van der Waals surface area contributed by atoms with Crippen LogP contribution in [-0.4, -0.2) is 6.61 Å². The van der Waals surface area contributed by atoms with Gasteiger partial charge in [-0.25, -0.2) is 4.39 Å². The van der Waals surface area contributed by atoms with E-state index in [-0.39, 0.29) is 12.4 Å². The predicted molar refractivity (Wildman–Crippen MR) is 74.6 cm³/mol. The Bertz CT molecular complexity index is 415. The van der Waals surface area contributed by atoms with Gasteiger partial charge < -0.3 is 4.74 Å². The third-order valence-corrected chi connectivity index (χ3v) is 2.68. The maximum Gasteiger partial charge on any atom is 0.140 e. The molecule has 1 rings (SSSR count). The van der Waals surface area contributed by atoms with Crippen molar-refractivity contribution in [3.8, 4) is 5.75 Å². The lowest BCUT2D eigenvalue weighted by atomic mass is 10.1. The molecule has 0 aliphatic heterocycles. The second-order valence-corrected chi connectivity index (χ2v) is 4.31. The summed E-state index contributed by atoms with van der Waals surface area (Å²) in [4.78, 5) is 0. The summed E-state index contributed by atoms with van der Waals surface area (Å²) in [5, 5.41) is 0. The molecule has 0 aliphatic carbocycles. The molecule has 0 radical (unpaired) electrons. The van der Waals surface area contributed by atoms with Gasteiger partial charge >= 0.3 is 0 Å². The lowest BCUT2D eigenvalue weighted by Gasteiger charge is -2.06. The number of allylic oxidation sites excluding steroid dienone is 3. The van der Waals surface area contributed by atoms with Gasteiger partial charge in [0.05, 0.1) is 0 Å². The molecule has 0 saturated heterocycles. The van der Waals surface area contributed by atoms with Crippen LogP contribution in [0.5, 0.6) is 5.75 Å². The highest BCUT2D eigenvalue weighted by molar-refractivity contribution is 5.28. The lowest BCUT2D eigenvalue weighted by molar-refractivity contribution is 0.318. The van der Waals surface area contributed by atoms with Crippen LogP contribution in [0.4, 0.5) is 4.39 Å². The highest BCUT2D eigenvalue weighted by Gasteiger charge is 1.99. The number of halogens is 1. The number of benzene rings is 1. The van der Waals surface area contributed by atoms with E-state index in [2.05, 4.69) is 6.92 Å². The van der Waals surface area contributed by atoms with Crippen molar-refractivity contribution >= 4 is 0 Å². The van der Waals surface area contributed by atoms with Crippen molar-refractivity contribution in [1.29, 1.82) is 0 Å². The summed E-state index contributed by atoms with van der Waals surface area (Å²) in [6.45, 7) is 5.87. The minimum absolute atomic E-state index is 0.0156. The van der Waals surface area contributed by atoms with Gasteiger partial charge in [0, 0.05) is 0 Å². The summed E-state index contributed by atoms with van der Waals surface area (Å²) < 4.78 is 18.8. The van der Waals surface area contributed by atoms with Gasteiger partial charge in [0.1, 0.15) is 18.2 Å². The molecule has 0 saturated carbocycles. The van der Waals surface area contributed by atoms with E-state index in [1.165, 1.54) is 11.6 Å². The van der Waals surface area contributed by atoms with Gasteiger partial charge in [0.15, 0.2) is 0 Å². The molecule has 1 aromatic carbocycles. The van der Waals surface area contributed by atoms with E-state index in [9.17, 15) is 4.39 Å². The molecule has 98 valence electrons. The van der Waals surface area contributed by atoms with E-state index >= 15 is 0 Å². The van der Waals surface area contributed by atoms with Crippen molar-refractivity contribution < 1.29 is 9.13 Å². The van der Waals surface area contributed by atoms with Crippen molar-refractivity contribution in [2.45, 2.75) is 33.6 Å². The Balaban J connectivity index is 2.51. The van der Waals surface area contributed by atoms with Crippen molar-refractivity contribution in [3.05, 3.63) is 53.4 Å². The Hall–Kier alpha value is -1.57. The van der Waals surface area contributed by atoms with Crippen LogP contribution < -0.4 is 4.74 Å². The Morgan fingerprint density at radius 1 is 1.28 bits per heavy atom. The zero-order valence-electron chi connectivity index (χ0n) is 11.4. The molecule has 0 bridgehead atoms. The fourth-order valence-corrected chi connectivity index (χ4v) is 1.57. The summed E-state index contributed by atoms with van der Waals surface area (Å²) in [6.07, 6.45) is 5.54. The van der Waals surface area contributed by atoms with Crippen LogP contribution in [0.15, 0.2) is 47.8 Å². The zero-order chi connectivity index (χ0) is 13.4. The van der Waals surface area contributed by atoms with Crippen LogP contribution in [0, 0.1) is 0 Å². The maximum absolute atomic E-state index is 13.4. The fourth-order valence-electron chi connectivity index (χ4n) is 1.57. The van der Waals surface area contributed by atoms with Gasteiger partial charge in [-0.1, -0.05) is 37.1 Å². The van der Waals surface area contributed by atoms with E-state index in [1.807, 2.05) is 44.2 Å². The normalized spacial score (nSPS) is 12.7. The fraction of sp³-hybridized carbons (Fsp3) is 0.375. The van der Waals surface area contributed by atoms with Crippen LogP contribution in [0.25, 0.3) is 0 Å². The molecule has 0 aliphatic rings. The Labute approximate surface area is 109 Å². The third kappa shape index (κ3) is 5.17. The highest BCUT2D eigenvalue weighted by Crippen LogP contribution is 2.15. The second-order valence-electron chi connectivity index (χ2n) is 4.31. The van der Waals surface area contributed by atoms with Crippen molar-refractivity contribution in [2.24, 2.45) is 0 Å². The largest absolute Gasteiger partial charge is 0.487 e. The molecule has 0 aromatic heterocycles. The van der Waals surface area contributed by atoms with E-state index in [1.54, 1.807) is 0 Å². The Morgan fingerprint density at radius 2 is 1.94 bits per heavy atom.